The van der Waals surface area contributed by atoms with Crippen molar-refractivity contribution >= 4 is 11.9 Å². The van der Waals surface area contributed by atoms with Crippen LogP contribution in [0.3, 0.4) is 0 Å². The van der Waals surface area contributed by atoms with Crippen LogP contribution >= 0.6 is 0 Å². The summed E-state index contributed by atoms with van der Waals surface area (Å²) in [5.74, 6) is 0.0858. The highest BCUT2D eigenvalue weighted by Gasteiger charge is 1.98. The van der Waals surface area contributed by atoms with Gasteiger partial charge in [-0.3, -0.25) is 4.79 Å². The van der Waals surface area contributed by atoms with E-state index in [1.54, 1.807) is 13.0 Å². The fourth-order valence-electron chi connectivity index (χ4n) is 1.37. The zero-order chi connectivity index (χ0) is 10.7. The monoisotopic (exact) mass is 188 g/mol. The van der Waals surface area contributed by atoms with Crippen molar-refractivity contribution in [1.29, 1.82) is 0 Å². The van der Waals surface area contributed by atoms with E-state index in [0.29, 0.717) is 0 Å². The molecule has 0 bridgehead atoms. The zero-order valence-electron chi connectivity index (χ0n) is 9.22. The Morgan fingerprint density at radius 1 is 1.07 bits per heavy atom. The van der Waals surface area contributed by atoms with Gasteiger partial charge in [0, 0.05) is 0 Å². The molecule has 14 heavy (non-hydrogen) atoms. The maximum absolute atomic E-state index is 10.8. The lowest BCUT2D eigenvalue weighted by Crippen LogP contribution is -1.88. The van der Waals surface area contributed by atoms with Gasteiger partial charge in [0.2, 0.25) is 0 Å². The molecule has 0 saturated heterocycles. The van der Waals surface area contributed by atoms with Crippen molar-refractivity contribution in [2.45, 2.75) is 27.7 Å². The van der Waals surface area contributed by atoms with Crippen LogP contribution in [-0.4, -0.2) is 5.78 Å². The Balaban J connectivity index is 3.10. The molecule has 0 aliphatic heterocycles. The number of hydrogen-bond donors (Lipinski definition) is 0. The maximum atomic E-state index is 10.8. The van der Waals surface area contributed by atoms with Gasteiger partial charge in [-0.15, -0.1) is 0 Å². The van der Waals surface area contributed by atoms with Gasteiger partial charge in [0.1, 0.15) is 0 Å². The first-order valence-electron chi connectivity index (χ1n) is 4.77. The largest absolute Gasteiger partial charge is 0.295 e. The molecule has 0 unspecified atom stereocenters. The Kier molecular flexibility index (Phi) is 3.23. The van der Waals surface area contributed by atoms with E-state index in [2.05, 4.69) is 32.9 Å². The zero-order valence-corrected chi connectivity index (χ0v) is 9.22. The van der Waals surface area contributed by atoms with E-state index >= 15 is 0 Å². The van der Waals surface area contributed by atoms with Crippen molar-refractivity contribution in [3.05, 3.63) is 40.5 Å². The SMILES string of the molecule is CC(=O)C=Cc1cc(C)c(C)cc1C. The molecule has 1 rings (SSSR count). The van der Waals surface area contributed by atoms with Crippen molar-refractivity contribution in [3.63, 3.8) is 0 Å². The Hall–Kier alpha value is -1.37. The highest BCUT2D eigenvalue weighted by atomic mass is 16.1. The van der Waals surface area contributed by atoms with E-state index in [-0.39, 0.29) is 5.78 Å². The van der Waals surface area contributed by atoms with Crippen LogP contribution in [0.25, 0.3) is 6.08 Å². The van der Waals surface area contributed by atoms with Gasteiger partial charge in [0.25, 0.3) is 0 Å². The van der Waals surface area contributed by atoms with Crippen LogP contribution in [0.1, 0.15) is 29.2 Å². The summed E-state index contributed by atoms with van der Waals surface area (Å²) in [4.78, 5) is 10.8. The minimum atomic E-state index is 0.0858. The Morgan fingerprint density at radius 3 is 2.21 bits per heavy atom. The van der Waals surface area contributed by atoms with Crippen molar-refractivity contribution in [1.82, 2.24) is 0 Å². The van der Waals surface area contributed by atoms with Gasteiger partial charge in [-0.25, -0.2) is 0 Å². The van der Waals surface area contributed by atoms with E-state index in [9.17, 15) is 4.79 Å². The number of rotatable bonds is 2. The van der Waals surface area contributed by atoms with Crippen LogP contribution in [-0.2, 0) is 4.79 Å². The second kappa shape index (κ2) is 4.23. The summed E-state index contributed by atoms with van der Waals surface area (Å²) < 4.78 is 0. The topological polar surface area (TPSA) is 17.1 Å². The third-order valence-corrected chi connectivity index (χ3v) is 2.38. The van der Waals surface area contributed by atoms with Gasteiger partial charge in [-0.2, -0.15) is 0 Å². The summed E-state index contributed by atoms with van der Waals surface area (Å²) >= 11 is 0. The normalized spacial score (nSPS) is 10.9. The minimum Gasteiger partial charge on any atom is -0.295 e. The third-order valence-electron chi connectivity index (χ3n) is 2.38. The van der Waals surface area contributed by atoms with E-state index in [1.807, 2.05) is 6.08 Å². The number of allylic oxidation sites excluding steroid dienone is 1. The number of hydrogen-bond acceptors (Lipinski definition) is 1. The molecule has 0 spiro atoms. The van der Waals surface area contributed by atoms with Crippen molar-refractivity contribution in [2.24, 2.45) is 0 Å². The van der Waals surface area contributed by atoms with Gasteiger partial charge in [0.15, 0.2) is 5.78 Å². The molecule has 74 valence electrons. The van der Waals surface area contributed by atoms with Crippen LogP contribution in [0.5, 0.6) is 0 Å². The van der Waals surface area contributed by atoms with Crippen LogP contribution in [0.15, 0.2) is 18.2 Å². The highest BCUT2D eigenvalue weighted by Crippen LogP contribution is 2.16. The molecular formula is C13H16O. The highest BCUT2D eigenvalue weighted by molar-refractivity contribution is 5.91. The molecule has 0 radical (unpaired) electrons. The van der Waals surface area contributed by atoms with E-state index in [1.165, 1.54) is 16.7 Å². The first kappa shape index (κ1) is 10.7. The van der Waals surface area contributed by atoms with Crippen molar-refractivity contribution in [3.8, 4) is 0 Å². The van der Waals surface area contributed by atoms with Gasteiger partial charge in [0.05, 0.1) is 0 Å². The average Bonchev–Trinajstić information content (AvgIpc) is 2.09. The summed E-state index contributed by atoms with van der Waals surface area (Å²) in [7, 11) is 0. The molecule has 1 aromatic rings. The number of aryl methyl sites for hydroxylation is 3. The van der Waals surface area contributed by atoms with Gasteiger partial charge < -0.3 is 0 Å². The lowest BCUT2D eigenvalue weighted by molar-refractivity contribution is -0.112. The van der Waals surface area contributed by atoms with E-state index < -0.39 is 0 Å². The summed E-state index contributed by atoms with van der Waals surface area (Å²) in [5.41, 5.74) is 4.90. The molecule has 1 nitrogen and oxygen atoms in total. The standard InChI is InChI=1S/C13H16O/c1-9-7-11(3)13(8-10(9)2)6-5-12(4)14/h5-8H,1-4H3. The summed E-state index contributed by atoms with van der Waals surface area (Å²) in [5, 5.41) is 0. The summed E-state index contributed by atoms with van der Waals surface area (Å²) in [6.07, 6.45) is 3.49. The second-order valence-electron chi connectivity index (χ2n) is 3.74. The average molecular weight is 188 g/mol. The number of benzene rings is 1. The molecule has 0 amide bonds. The molecule has 0 saturated carbocycles. The maximum Gasteiger partial charge on any atom is 0.152 e. The predicted molar refractivity (Wildman–Crippen MR) is 60.4 cm³/mol. The molecule has 1 heteroatoms. The van der Waals surface area contributed by atoms with Crippen LogP contribution in [0.2, 0.25) is 0 Å². The number of carbonyl (C=O) groups is 1. The summed E-state index contributed by atoms with van der Waals surface area (Å²) in [6.45, 7) is 7.81. The molecular weight excluding hydrogens is 172 g/mol. The Bertz CT molecular complexity index is 386. The van der Waals surface area contributed by atoms with Crippen LogP contribution in [0, 0.1) is 20.8 Å². The Morgan fingerprint density at radius 2 is 1.64 bits per heavy atom. The smallest absolute Gasteiger partial charge is 0.152 e. The number of carbonyl (C=O) groups excluding carboxylic acids is 1. The molecule has 0 aromatic heterocycles. The van der Waals surface area contributed by atoms with Crippen LogP contribution in [0.4, 0.5) is 0 Å². The van der Waals surface area contributed by atoms with E-state index in [0.717, 1.165) is 5.56 Å². The Labute approximate surface area is 85.5 Å². The van der Waals surface area contributed by atoms with Crippen LogP contribution < -0.4 is 0 Å². The fraction of sp³-hybridized carbons (Fsp3) is 0.308. The molecule has 0 heterocycles. The van der Waals surface area contributed by atoms with Crippen molar-refractivity contribution in [2.75, 3.05) is 0 Å². The molecule has 0 fully saturated rings. The molecule has 0 aliphatic carbocycles. The quantitative estimate of drug-likeness (QED) is 0.651. The fourth-order valence-corrected chi connectivity index (χ4v) is 1.37. The van der Waals surface area contributed by atoms with Gasteiger partial charge in [-0.1, -0.05) is 18.2 Å². The molecule has 0 aliphatic rings. The third kappa shape index (κ3) is 2.56. The van der Waals surface area contributed by atoms with Gasteiger partial charge in [-0.05, 0) is 56.0 Å². The molecule has 0 N–H and O–H groups in total. The minimum absolute atomic E-state index is 0.0858. The predicted octanol–water partition coefficient (Wildman–Crippen LogP) is 3.21. The van der Waals surface area contributed by atoms with Gasteiger partial charge >= 0.3 is 0 Å². The summed E-state index contributed by atoms with van der Waals surface area (Å²) in [6, 6.07) is 4.26. The lowest BCUT2D eigenvalue weighted by atomic mass is 10.0. The lowest BCUT2D eigenvalue weighted by Gasteiger charge is -2.05. The molecule has 0 atom stereocenters. The first-order chi connectivity index (χ1) is 6.50. The first-order valence-corrected chi connectivity index (χ1v) is 4.77. The van der Waals surface area contributed by atoms with E-state index in [4.69, 9.17) is 0 Å². The number of ketones is 1. The van der Waals surface area contributed by atoms with Crippen molar-refractivity contribution < 1.29 is 4.79 Å². The second-order valence-corrected chi connectivity index (χ2v) is 3.74. The molecule has 1 aromatic carbocycles.